The maximum atomic E-state index is 13.8. The van der Waals surface area contributed by atoms with Crippen LogP contribution in [0, 0.1) is 5.82 Å². The van der Waals surface area contributed by atoms with Gasteiger partial charge in [0.15, 0.2) is 42.1 Å². The van der Waals surface area contributed by atoms with Crippen LogP contribution in [-0.4, -0.2) is 44.1 Å². The van der Waals surface area contributed by atoms with Gasteiger partial charge in [0.05, 0.1) is 5.69 Å². The van der Waals surface area contributed by atoms with E-state index >= 15 is 0 Å². The summed E-state index contributed by atoms with van der Waals surface area (Å²) in [6, 6.07) is 15.7. The van der Waals surface area contributed by atoms with E-state index in [9.17, 15) is 18.8 Å². The first kappa shape index (κ1) is 23.2. The fourth-order valence-corrected chi connectivity index (χ4v) is 3.79. The van der Waals surface area contributed by atoms with Gasteiger partial charge in [0.1, 0.15) is 12.3 Å². The van der Waals surface area contributed by atoms with Gasteiger partial charge in [0.25, 0.3) is 5.91 Å². The maximum Gasteiger partial charge on any atom is 0.265 e. The second kappa shape index (κ2) is 9.95. The van der Waals surface area contributed by atoms with E-state index in [1.807, 2.05) is 6.07 Å². The van der Waals surface area contributed by atoms with Crippen molar-refractivity contribution in [2.24, 2.45) is 0 Å². The van der Waals surface area contributed by atoms with Gasteiger partial charge in [-0.3, -0.25) is 19.3 Å². The number of anilines is 1. The van der Waals surface area contributed by atoms with Crippen LogP contribution in [0.25, 0.3) is 0 Å². The van der Waals surface area contributed by atoms with Gasteiger partial charge in [-0.05, 0) is 48.0 Å². The lowest BCUT2D eigenvalue weighted by molar-refractivity contribution is -0.125. The van der Waals surface area contributed by atoms with Crippen LogP contribution >= 0.6 is 0 Å². The summed E-state index contributed by atoms with van der Waals surface area (Å²) in [5.74, 6) is -0.242. The van der Waals surface area contributed by atoms with Crippen LogP contribution in [0.5, 0.6) is 23.0 Å². The molecule has 1 N–H and O–H groups in total. The average Bonchev–Trinajstić information content (AvgIpc) is 3.36. The molecule has 0 radical (unpaired) electrons. The number of ether oxygens (including phenoxy) is 4. The smallest absolute Gasteiger partial charge is 0.265 e. The molecule has 0 spiro atoms. The Morgan fingerprint density at radius 1 is 0.972 bits per heavy atom. The van der Waals surface area contributed by atoms with Crippen molar-refractivity contribution < 1.29 is 37.7 Å². The highest BCUT2D eigenvalue weighted by atomic mass is 19.1. The Kier molecular flexibility index (Phi) is 6.40. The highest BCUT2D eigenvalue weighted by Gasteiger charge is 2.28. The Bertz CT molecular complexity index is 1340. The molecule has 2 aliphatic heterocycles. The first-order valence-corrected chi connectivity index (χ1v) is 11.1. The van der Waals surface area contributed by atoms with E-state index < -0.39 is 30.0 Å². The number of para-hydroxylation sites is 1. The molecule has 0 bridgehead atoms. The number of carbonyl (C=O) groups is 3. The standard InChI is InChI=1S/C26H21FN2O7/c27-18-3-1-2-4-21(18)33-13-20(30)17-6-8-22-19(10-17)29(26(32)14-34-22)12-25(31)28-11-16-5-7-23-24(9-16)36-15-35-23/h1-10H,11-15H2,(H,28,31). The summed E-state index contributed by atoms with van der Waals surface area (Å²) in [6.45, 7) is -0.504. The monoisotopic (exact) mass is 492 g/mol. The zero-order valence-corrected chi connectivity index (χ0v) is 19.0. The highest BCUT2D eigenvalue weighted by Crippen LogP contribution is 2.34. The number of nitrogens with one attached hydrogen (secondary N) is 1. The van der Waals surface area contributed by atoms with Gasteiger partial charge in [-0.15, -0.1) is 0 Å². The lowest BCUT2D eigenvalue weighted by atomic mass is 10.1. The number of hydrogen-bond acceptors (Lipinski definition) is 7. The molecule has 0 atom stereocenters. The third kappa shape index (κ3) is 4.92. The SMILES string of the molecule is O=C(CN1C(=O)COc2ccc(C(=O)COc3ccccc3F)cc21)NCc1ccc2c(c1)OCO2. The van der Waals surface area contributed by atoms with Gasteiger partial charge in [-0.2, -0.15) is 0 Å². The predicted octanol–water partition coefficient (Wildman–Crippen LogP) is 2.86. The highest BCUT2D eigenvalue weighted by molar-refractivity contribution is 6.04. The molecule has 2 heterocycles. The van der Waals surface area contributed by atoms with Crippen molar-refractivity contribution in [1.29, 1.82) is 0 Å². The molecule has 0 fully saturated rings. The normalized spacial score (nSPS) is 13.6. The molecule has 2 aliphatic rings. The van der Waals surface area contributed by atoms with Crippen molar-refractivity contribution in [2.75, 3.05) is 31.5 Å². The Balaban J connectivity index is 1.25. The Morgan fingerprint density at radius 3 is 2.64 bits per heavy atom. The van der Waals surface area contributed by atoms with E-state index in [-0.39, 0.29) is 37.8 Å². The third-order valence-electron chi connectivity index (χ3n) is 5.65. The molecule has 0 aromatic heterocycles. The summed E-state index contributed by atoms with van der Waals surface area (Å²) in [4.78, 5) is 39.2. The first-order chi connectivity index (χ1) is 17.5. The minimum absolute atomic E-state index is 0.0388. The van der Waals surface area contributed by atoms with Gasteiger partial charge < -0.3 is 24.3 Å². The van der Waals surface area contributed by atoms with E-state index in [1.54, 1.807) is 24.3 Å². The molecule has 10 heteroatoms. The van der Waals surface area contributed by atoms with Gasteiger partial charge in [-0.25, -0.2) is 4.39 Å². The number of ketones is 1. The maximum absolute atomic E-state index is 13.8. The number of Topliss-reactive ketones (excluding diaryl/α,β-unsaturated/α-hetero) is 1. The second-order valence-corrected chi connectivity index (χ2v) is 8.06. The minimum atomic E-state index is -0.576. The summed E-state index contributed by atoms with van der Waals surface area (Å²) in [5, 5.41) is 2.78. The lowest BCUT2D eigenvalue weighted by Gasteiger charge is -2.29. The number of fused-ring (bicyclic) bond motifs is 2. The van der Waals surface area contributed by atoms with Crippen LogP contribution in [0.15, 0.2) is 60.7 Å². The van der Waals surface area contributed by atoms with Crippen molar-refractivity contribution in [2.45, 2.75) is 6.54 Å². The molecule has 9 nitrogen and oxygen atoms in total. The third-order valence-corrected chi connectivity index (χ3v) is 5.65. The Hall–Kier alpha value is -4.60. The number of hydrogen-bond donors (Lipinski definition) is 1. The molecule has 5 rings (SSSR count). The van der Waals surface area contributed by atoms with Crippen LogP contribution in [0.3, 0.4) is 0 Å². The molecule has 0 saturated carbocycles. The number of rotatable bonds is 8. The second-order valence-electron chi connectivity index (χ2n) is 8.06. The van der Waals surface area contributed by atoms with Gasteiger partial charge in [0, 0.05) is 12.1 Å². The van der Waals surface area contributed by atoms with Crippen molar-refractivity contribution in [3.63, 3.8) is 0 Å². The molecule has 0 aliphatic carbocycles. The fraction of sp³-hybridized carbons (Fsp3) is 0.192. The molecular formula is C26H21FN2O7. The van der Waals surface area contributed by atoms with Crippen LogP contribution in [0.4, 0.5) is 10.1 Å². The molecule has 36 heavy (non-hydrogen) atoms. The predicted molar refractivity (Wildman–Crippen MR) is 125 cm³/mol. The first-order valence-electron chi connectivity index (χ1n) is 11.1. The molecule has 184 valence electrons. The average molecular weight is 492 g/mol. The van der Waals surface area contributed by atoms with Crippen LogP contribution < -0.4 is 29.2 Å². The number of benzene rings is 3. The van der Waals surface area contributed by atoms with E-state index in [0.29, 0.717) is 22.9 Å². The topological polar surface area (TPSA) is 103 Å². The van der Waals surface area contributed by atoms with Gasteiger partial charge in [0.2, 0.25) is 12.7 Å². The molecule has 2 amide bonds. The van der Waals surface area contributed by atoms with Gasteiger partial charge in [-0.1, -0.05) is 18.2 Å². The molecule has 3 aromatic carbocycles. The van der Waals surface area contributed by atoms with Crippen molar-refractivity contribution in [3.05, 3.63) is 77.6 Å². The summed E-state index contributed by atoms with van der Waals surface area (Å²) >= 11 is 0. The summed E-state index contributed by atoms with van der Waals surface area (Å²) in [5.41, 5.74) is 1.33. The summed E-state index contributed by atoms with van der Waals surface area (Å²) in [7, 11) is 0. The van der Waals surface area contributed by atoms with E-state index in [4.69, 9.17) is 18.9 Å². The Morgan fingerprint density at radius 2 is 1.78 bits per heavy atom. The van der Waals surface area contributed by atoms with Crippen LogP contribution in [-0.2, 0) is 16.1 Å². The zero-order valence-electron chi connectivity index (χ0n) is 19.0. The van der Waals surface area contributed by atoms with Crippen LogP contribution in [0.2, 0.25) is 0 Å². The van der Waals surface area contributed by atoms with E-state index in [2.05, 4.69) is 5.32 Å². The van der Waals surface area contributed by atoms with Gasteiger partial charge >= 0.3 is 0 Å². The number of halogens is 1. The number of amides is 2. The van der Waals surface area contributed by atoms with Crippen molar-refractivity contribution >= 4 is 23.3 Å². The number of nitrogens with zero attached hydrogens (tertiary/aromatic N) is 1. The fourth-order valence-electron chi connectivity index (χ4n) is 3.79. The summed E-state index contributed by atoms with van der Waals surface area (Å²) in [6.07, 6.45) is 0. The molecule has 0 saturated heterocycles. The van der Waals surface area contributed by atoms with Crippen molar-refractivity contribution in [1.82, 2.24) is 5.32 Å². The summed E-state index contributed by atoms with van der Waals surface area (Å²) < 4.78 is 35.1. The number of carbonyl (C=O) groups excluding carboxylic acids is 3. The Labute approximate surface area is 205 Å². The zero-order chi connectivity index (χ0) is 25.1. The van der Waals surface area contributed by atoms with Crippen molar-refractivity contribution in [3.8, 4) is 23.0 Å². The lowest BCUT2D eigenvalue weighted by Crippen LogP contribution is -2.45. The van der Waals surface area contributed by atoms with E-state index in [1.165, 1.54) is 35.2 Å². The van der Waals surface area contributed by atoms with Crippen LogP contribution in [0.1, 0.15) is 15.9 Å². The van der Waals surface area contributed by atoms with E-state index in [0.717, 1.165) is 5.56 Å². The quantitative estimate of drug-likeness (QED) is 0.483. The largest absolute Gasteiger partial charge is 0.482 e. The molecule has 0 unspecified atom stereocenters. The molecular weight excluding hydrogens is 471 g/mol. The molecule has 3 aromatic rings. The minimum Gasteiger partial charge on any atom is -0.482 e.